The zero-order valence-electron chi connectivity index (χ0n) is 7.43. The van der Waals surface area contributed by atoms with Gasteiger partial charge in [0.2, 0.25) is 0 Å². The summed E-state index contributed by atoms with van der Waals surface area (Å²) in [5.74, 6) is 0. The lowest BCUT2D eigenvalue weighted by molar-refractivity contribution is 0.969. The highest BCUT2D eigenvalue weighted by Gasteiger charge is 2.04. The topological polar surface area (TPSA) is 36.7 Å². The molecule has 0 amide bonds. The van der Waals surface area contributed by atoms with Gasteiger partial charge >= 0.3 is 0 Å². The molecule has 0 N–H and O–H groups in total. The molecule has 0 saturated heterocycles. The van der Waals surface area contributed by atoms with Gasteiger partial charge in [0.15, 0.2) is 0 Å². The van der Waals surface area contributed by atoms with Gasteiger partial charge in [-0.2, -0.15) is 5.26 Å². The number of rotatable bonds is 3. The highest BCUT2D eigenvalue weighted by Crippen LogP contribution is 2.27. The second-order valence-corrected chi connectivity index (χ2v) is 4.59. The third-order valence-corrected chi connectivity index (χ3v) is 3.71. The summed E-state index contributed by atoms with van der Waals surface area (Å²) in [7, 11) is 0. The number of hydrogen-bond donors (Lipinski definition) is 0. The van der Waals surface area contributed by atoms with Crippen LogP contribution in [0, 0.1) is 11.3 Å². The molecule has 14 heavy (non-hydrogen) atoms. The van der Waals surface area contributed by atoms with Gasteiger partial charge in [-0.05, 0) is 11.4 Å². The Morgan fingerprint density at radius 1 is 1.43 bits per heavy atom. The first-order valence-corrected chi connectivity index (χ1v) is 6.01. The average Bonchev–Trinajstić information content (AvgIpc) is 2.85. The molecular formula is C10H8N2S2. The Bertz CT molecular complexity index is 437. The molecule has 0 unspecified atom stereocenters. The molecule has 0 aliphatic carbocycles. The van der Waals surface area contributed by atoms with Crippen LogP contribution >= 0.6 is 22.7 Å². The minimum Gasteiger partial charge on any atom is -0.240 e. The Hall–Kier alpha value is -1.18. The maximum absolute atomic E-state index is 8.45. The number of aromatic nitrogens is 1. The maximum Gasteiger partial charge on any atom is 0.133 e. The van der Waals surface area contributed by atoms with Gasteiger partial charge in [0.05, 0.1) is 16.6 Å². The minimum absolute atomic E-state index is 0.549. The summed E-state index contributed by atoms with van der Waals surface area (Å²) in [5, 5.41) is 13.6. The molecule has 0 radical (unpaired) electrons. The van der Waals surface area contributed by atoms with E-state index in [0.717, 1.165) is 17.1 Å². The number of thiazole rings is 1. The molecule has 2 aromatic rings. The van der Waals surface area contributed by atoms with E-state index in [4.69, 9.17) is 5.26 Å². The smallest absolute Gasteiger partial charge is 0.133 e. The lowest BCUT2D eigenvalue weighted by Crippen LogP contribution is -1.82. The van der Waals surface area contributed by atoms with Gasteiger partial charge in [0, 0.05) is 18.2 Å². The normalized spacial score (nSPS) is 9.93. The van der Waals surface area contributed by atoms with Gasteiger partial charge < -0.3 is 0 Å². The quantitative estimate of drug-likeness (QED) is 0.795. The predicted molar refractivity (Wildman–Crippen MR) is 59.4 cm³/mol. The molecule has 0 saturated carbocycles. The van der Waals surface area contributed by atoms with Crippen LogP contribution in [0.2, 0.25) is 0 Å². The second kappa shape index (κ2) is 4.36. The fourth-order valence-electron chi connectivity index (χ4n) is 1.12. The maximum atomic E-state index is 8.45. The van der Waals surface area contributed by atoms with Crippen LogP contribution in [0.25, 0.3) is 9.88 Å². The molecule has 0 fully saturated rings. The van der Waals surface area contributed by atoms with Crippen LogP contribution in [0.4, 0.5) is 0 Å². The van der Waals surface area contributed by atoms with E-state index in [1.807, 2.05) is 16.8 Å². The molecule has 0 aliphatic rings. The monoisotopic (exact) mass is 220 g/mol. The van der Waals surface area contributed by atoms with Crippen molar-refractivity contribution in [2.24, 2.45) is 0 Å². The lowest BCUT2D eigenvalue weighted by Gasteiger charge is -1.88. The van der Waals surface area contributed by atoms with Crippen LogP contribution in [-0.2, 0) is 6.42 Å². The number of nitriles is 1. The predicted octanol–water partition coefficient (Wildman–Crippen LogP) is 3.33. The van der Waals surface area contributed by atoms with Gasteiger partial charge in [-0.1, -0.05) is 6.07 Å². The van der Waals surface area contributed by atoms with Crippen molar-refractivity contribution in [1.29, 1.82) is 5.26 Å². The van der Waals surface area contributed by atoms with Crippen molar-refractivity contribution in [1.82, 2.24) is 4.98 Å². The molecule has 0 aromatic carbocycles. The van der Waals surface area contributed by atoms with Gasteiger partial charge in [0.1, 0.15) is 5.01 Å². The van der Waals surface area contributed by atoms with Crippen LogP contribution in [0.1, 0.15) is 12.1 Å². The van der Waals surface area contributed by atoms with Gasteiger partial charge in [-0.15, -0.1) is 22.7 Å². The zero-order chi connectivity index (χ0) is 9.80. The summed E-state index contributed by atoms with van der Waals surface area (Å²) in [6.45, 7) is 0. The van der Waals surface area contributed by atoms with Crippen LogP contribution in [-0.4, -0.2) is 4.98 Å². The third-order valence-electron chi connectivity index (χ3n) is 1.78. The summed E-state index contributed by atoms with van der Waals surface area (Å²) in [6, 6.07) is 6.22. The standard InChI is InChI=1S/C10H8N2S2/c11-5-1-3-8-7-14-10(12-8)9-4-2-6-13-9/h2,4,6-7H,1,3H2. The molecule has 0 spiro atoms. The van der Waals surface area contributed by atoms with E-state index < -0.39 is 0 Å². The van der Waals surface area contributed by atoms with Crippen molar-refractivity contribution in [3.63, 3.8) is 0 Å². The van der Waals surface area contributed by atoms with E-state index in [2.05, 4.69) is 17.1 Å². The molecule has 2 aromatic heterocycles. The van der Waals surface area contributed by atoms with Crippen molar-refractivity contribution >= 4 is 22.7 Å². The molecule has 2 heterocycles. The van der Waals surface area contributed by atoms with E-state index in [0.29, 0.717) is 6.42 Å². The fourth-order valence-corrected chi connectivity index (χ4v) is 2.79. The highest BCUT2D eigenvalue weighted by molar-refractivity contribution is 7.20. The highest BCUT2D eigenvalue weighted by atomic mass is 32.1. The Morgan fingerprint density at radius 2 is 2.36 bits per heavy atom. The number of nitrogens with zero attached hydrogens (tertiary/aromatic N) is 2. The van der Waals surface area contributed by atoms with E-state index in [1.54, 1.807) is 22.7 Å². The lowest BCUT2D eigenvalue weighted by atomic mass is 10.3. The Labute approximate surface area is 90.5 Å². The van der Waals surface area contributed by atoms with Crippen LogP contribution in [0.15, 0.2) is 22.9 Å². The summed E-state index contributed by atoms with van der Waals surface area (Å²) in [4.78, 5) is 5.67. The van der Waals surface area contributed by atoms with E-state index >= 15 is 0 Å². The van der Waals surface area contributed by atoms with Gasteiger partial charge in [-0.25, -0.2) is 4.98 Å². The van der Waals surface area contributed by atoms with Crippen LogP contribution in [0.5, 0.6) is 0 Å². The first kappa shape index (κ1) is 9.38. The Balaban J connectivity index is 2.15. The summed E-state index contributed by atoms with van der Waals surface area (Å²) >= 11 is 3.34. The Morgan fingerprint density at radius 3 is 3.07 bits per heavy atom. The largest absolute Gasteiger partial charge is 0.240 e. The van der Waals surface area contributed by atoms with Gasteiger partial charge in [-0.3, -0.25) is 0 Å². The molecule has 4 heteroatoms. The van der Waals surface area contributed by atoms with Crippen molar-refractivity contribution < 1.29 is 0 Å². The fraction of sp³-hybridized carbons (Fsp3) is 0.200. The van der Waals surface area contributed by atoms with Crippen molar-refractivity contribution in [3.05, 3.63) is 28.6 Å². The molecular weight excluding hydrogens is 212 g/mol. The van der Waals surface area contributed by atoms with E-state index in [9.17, 15) is 0 Å². The molecule has 0 aliphatic heterocycles. The van der Waals surface area contributed by atoms with Gasteiger partial charge in [0.25, 0.3) is 0 Å². The number of aryl methyl sites for hydroxylation is 1. The van der Waals surface area contributed by atoms with Crippen molar-refractivity contribution in [3.8, 4) is 16.0 Å². The first-order valence-electron chi connectivity index (χ1n) is 4.25. The van der Waals surface area contributed by atoms with E-state index in [-0.39, 0.29) is 0 Å². The average molecular weight is 220 g/mol. The Kier molecular flexibility index (Phi) is 2.92. The third kappa shape index (κ3) is 2.00. The molecule has 70 valence electrons. The summed E-state index contributed by atoms with van der Waals surface area (Å²) < 4.78 is 0. The number of thiophene rings is 1. The molecule has 2 nitrogen and oxygen atoms in total. The molecule has 0 atom stereocenters. The number of hydrogen-bond acceptors (Lipinski definition) is 4. The summed E-state index contributed by atoms with van der Waals surface area (Å²) in [5.41, 5.74) is 1.03. The van der Waals surface area contributed by atoms with Crippen LogP contribution < -0.4 is 0 Å². The molecule has 0 bridgehead atoms. The second-order valence-electron chi connectivity index (χ2n) is 2.78. The SMILES string of the molecule is N#CCCc1csc(-c2cccs2)n1. The minimum atomic E-state index is 0.549. The molecule has 2 rings (SSSR count). The first-order chi connectivity index (χ1) is 6.90. The van der Waals surface area contributed by atoms with Crippen molar-refractivity contribution in [2.75, 3.05) is 0 Å². The zero-order valence-corrected chi connectivity index (χ0v) is 9.07. The van der Waals surface area contributed by atoms with E-state index in [1.165, 1.54) is 4.88 Å². The van der Waals surface area contributed by atoms with Crippen LogP contribution in [0.3, 0.4) is 0 Å². The van der Waals surface area contributed by atoms with Crippen molar-refractivity contribution in [2.45, 2.75) is 12.8 Å². The summed E-state index contributed by atoms with van der Waals surface area (Å²) in [6.07, 6.45) is 1.31.